The highest BCUT2D eigenvalue weighted by atomic mass is 19.1. The van der Waals surface area contributed by atoms with Crippen molar-refractivity contribution in [3.8, 4) is 16.9 Å². The number of hydrogen-bond donors (Lipinski definition) is 0. The van der Waals surface area contributed by atoms with Gasteiger partial charge in [-0.1, -0.05) is 54.4 Å². The number of halogens is 1. The predicted molar refractivity (Wildman–Crippen MR) is 154 cm³/mol. The number of rotatable bonds is 13. The third-order valence-corrected chi connectivity index (χ3v) is 7.53. The Kier molecular flexibility index (Phi) is 11.0. The van der Waals surface area contributed by atoms with Gasteiger partial charge in [0, 0.05) is 13.2 Å². The summed E-state index contributed by atoms with van der Waals surface area (Å²) in [6, 6.07) is 21.1. The van der Waals surface area contributed by atoms with Gasteiger partial charge in [-0.25, -0.2) is 9.18 Å². The topological polar surface area (TPSA) is 44.8 Å². The Hall–Kier alpha value is -3.18. The summed E-state index contributed by atoms with van der Waals surface area (Å²) in [5, 5.41) is 0. The molecule has 0 bridgehead atoms. The predicted octanol–water partition coefficient (Wildman–Crippen LogP) is 8.66. The van der Waals surface area contributed by atoms with Crippen LogP contribution in [0.25, 0.3) is 11.1 Å². The standard InChI is InChI=1S/C34H41FO4/c1-3-37-22-6-4-5-7-23-38-33-21-18-30(24-32(33)35)28-14-12-26(13-15-28)27-16-19-31(20-17-27)39-34(36)29-10-8-25(2)9-11-29/h8-15,18,21,24,27,31H,3-7,16-17,19-20,22-23H2,1-2H3. The molecule has 0 heterocycles. The molecule has 1 aliphatic rings. The van der Waals surface area contributed by atoms with Crippen molar-refractivity contribution in [2.45, 2.75) is 77.2 Å². The maximum absolute atomic E-state index is 14.7. The van der Waals surface area contributed by atoms with E-state index < -0.39 is 0 Å². The summed E-state index contributed by atoms with van der Waals surface area (Å²) in [4.78, 5) is 12.5. The number of carbonyl (C=O) groups excluding carboxylic acids is 1. The second-order valence-electron chi connectivity index (χ2n) is 10.5. The molecular formula is C34H41FO4. The number of carbonyl (C=O) groups is 1. The van der Waals surface area contributed by atoms with Gasteiger partial charge in [-0.3, -0.25) is 0 Å². The van der Waals surface area contributed by atoms with Crippen LogP contribution in [0, 0.1) is 12.7 Å². The quantitative estimate of drug-likeness (QED) is 0.163. The summed E-state index contributed by atoms with van der Waals surface area (Å²) in [7, 11) is 0. The maximum atomic E-state index is 14.7. The summed E-state index contributed by atoms with van der Waals surface area (Å²) in [6.07, 6.45) is 7.79. The monoisotopic (exact) mass is 532 g/mol. The summed E-state index contributed by atoms with van der Waals surface area (Å²) in [5.41, 5.74) is 4.84. The highest BCUT2D eigenvalue weighted by Gasteiger charge is 2.25. The maximum Gasteiger partial charge on any atom is 0.338 e. The molecule has 1 fully saturated rings. The van der Waals surface area contributed by atoms with E-state index in [1.807, 2.05) is 44.2 Å². The first-order chi connectivity index (χ1) is 19.0. The minimum absolute atomic E-state index is 0.0292. The Morgan fingerprint density at radius 1 is 0.821 bits per heavy atom. The van der Waals surface area contributed by atoms with Crippen LogP contribution in [0.3, 0.4) is 0 Å². The van der Waals surface area contributed by atoms with Gasteiger partial charge in [-0.05, 0) is 106 Å². The normalized spacial score (nSPS) is 17.1. The molecular weight excluding hydrogens is 491 g/mol. The molecule has 0 radical (unpaired) electrons. The average Bonchev–Trinajstić information content (AvgIpc) is 2.96. The molecule has 208 valence electrons. The fraction of sp³-hybridized carbons (Fsp3) is 0.441. The van der Waals surface area contributed by atoms with Crippen molar-refractivity contribution in [2.24, 2.45) is 0 Å². The van der Waals surface area contributed by atoms with Gasteiger partial charge in [0.15, 0.2) is 11.6 Å². The summed E-state index contributed by atoms with van der Waals surface area (Å²) in [6.45, 7) is 6.10. The van der Waals surface area contributed by atoms with Gasteiger partial charge in [-0.15, -0.1) is 0 Å². The zero-order valence-electron chi connectivity index (χ0n) is 23.3. The van der Waals surface area contributed by atoms with Crippen LogP contribution >= 0.6 is 0 Å². The summed E-state index contributed by atoms with van der Waals surface area (Å²) >= 11 is 0. The van der Waals surface area contributed by atoms with Crippen molar-refractivity contribution in [1.82, 2.24) is 0 Å². The van der Waals surface area contributed by atoms with Gasteiger partial charge in [0.25, 0.3) is 0 Å². The van der Waals surface area contributed by atoms with Crippen molar-refractivity contribution in [3.63, 3.8) is 0 Å². The van der Waals surface area contributed by atoms with E-state index in [-0.39, 0.29) is 17.9 Å². The molecule has 0 N–H and O–H groups in total. The fourth-order valence-electron chi connectivity index (χ4n) is 5.15. The van der Waals surface area contributed by atoms with Crippen molar-refractivity contribution >= 4 is 5.97 Å². The molecule has 0 aliphatic heterocycles. The molecule has 0 amide bonds. The second-order valence-corrected chi connectivity index (χ2v) is 10.5. The van der Waals surface area contributed by atoms with E-state index in [1.54, 1.807) is 12.1 Å². The molecule has 39 heavy (non-hydrogen) atoms. The van der Waals surface area contributed by atoms with Crippen LogP contribution in [-0.4, -0.2) is 31.9 Å². The number of hydrogen-bond acceptors (Lipinski definition) is 4. The molecule has 0 atom stereocenters. The highest BCUT2D eigenvalue weighted by Crippen LogP contribution is 2.35. The zero-order chi connectivity index (χ0) is 27.5. The van der Waals surface area contributed by atoms with E-state index in [2.05, 4.69) is 24.3 Å². The van der Waals surface area contributed by atoms with Crippen LogP contribution in [-0.2, 0) is 9.47 Å². The van der Waals surface area contributed by atoms with E-state index in [4.69, 9.17) is 14.2 Å². The third kappa shape index (κ3) is 8.66. The molecule has 4 rings (SSSR count). The first kappa shape index (κ1) is 28.8. The van der Waals surface area contributed by atoms with Crippen molar-refractivity contribution in [3.05, 3.63) is 89.2 Å². The van der Waals surface area contributed by atoms with Crippen LogP contribution < -0.4 is 4.74 Å². The Morgan fingerprint density at radius 2 is 1.49 bits per heavy atom. The van der Waals surface area contributed by atoms with Gasteiger partial charge in [0.1, 0.15) is 6.10 Å². The van der Waals surface area contributed by atoms with Gasteiger partial charge in [0.05, 0.1) is 12.2 Å². The van der Waals surface area contributed by atoms with Crippen molar-refractivity contribution in [2.75, 3.05) is 19.8 Å². The van der Waals surface area contributed by atoms with Crippen LogP contribution in [0.5, 0.6) is 5.75 Å². The molecule has 3 aromatic carbocycles. The number of aryl methyl sites for hydroxylation is 1. The largest absolute Gasteiger partial charge is 0.491 e. The number of ether oxygens (including phenoxy) is 3. The van der Waals surface area contributed by atoms with E-state index in [1.165, 1.54) is 5.56 Å². The molecule has 0 spiro atoms. The fourth-order valence-corrected chi connectivity index (χ4v) is 5.15. The molecule has 3 aromatic rings. The lowest BCUT2D eigenvalue weighted by atomic mass is 9.82. The number of benzene rings is 3. The van der Waals surface area contributed by atoms with E-state index in [0.717, 1.165) is 81.3 Å². The van der Waals surface area contributed by atoms with Gasteiger partial charge in [0.2, 0.25) is 0 Å². The van der Waals surface area contributed by atoms with E-state index >= 15 is 0 Å². The molecule has 0 unspecified atom stereocenters. The second kappa shape index (κ2) is 14.8. The highest BCUT2D eigenvalue weighted by molar-refractivity contribution is 5.89. The third-order valence-electron chi connectivity index (χ3n) is 7.53. The van der Waals surface area contributed by atoms with E-state index in [9.17, 15) is 9.18 Å². The summed E-state index contributed by atoms with van der Waals surface area (Å²) in [5.74, 6) is 0.191. The SMILES string of the molecule is CCOCCCCCCOc1ccc(-c2ccc(C3CCC(OC(=O)c4ccc(C)cc4)CC3)cc2)cc1F. The lowest BCUT2D eigenvalue weighted by Crippen LogP contribution is -2.24. The van der Waals surface area contributed by atoms with Crippen LogP contribution in [0.4, 0.5) is 4.39 Å². The average molecular weight is 533 g/mol. The Bertz CT molecular complexity index is 1160. The van der Waals surface area contributed by atoms with Crippen LogP contribution in [0.15, 0.2) is 66.7 Å². The zero-order valence-corrected chi connectivity index (χ0v) is 23.3. The molecule has 1 aliphatic carbocycles. The van der Waals surface area contributed by atoms with Crippen molar-refractivity contribution in [1.29, 1.82) is 0 Å². The lowest BCUT2D eigenvalue weighted by Gasteiger charge is -2.28. The summed E-state index contributed by atoms with van der Waals surface area (Å²) < 4.78 is 31.5. The van der Waals surface area contributed by atoms with Gasteiger partial charge in [-0.2, -0.15) is 0 Å². The lowest BCUT2D eigenvalue weighted by molar-refractivity contribution is 0.0195. The Balaban J connectivity index is 1.22. The van der Waals surface area contributed by atoms with Crippen LogP contribution in [0.1, 0.15) is 85.7 Å². The molecule has 0 saturated heterocycles. The molecule has 5 heteroatoms. The number of esters is 1. The molecule has 4 nitrogen and oxygen atoms in total. The first-order valence-electron chi connectivity index (χ1n) is 14.4. The first-order valence-corrected chi connectivity index (χ1v) is 14.4. The number of unbranched alkanes of at least 4 members (excludes halogenated alkanes) is 3. The van der Waals surface area contributed by atoms with Crippen molar-refractivity contribution < 1.29 is 23.4 Å². The smallest absolute Gasteiger partial charge is 0.338 e. The Labute approximate surface area is 232 Å². The molecule has 0 aromatic heterocycles. The van der Waals surface area contributed by atoms with Gasteiger partial charge < -0.3 is 14.2 Å². The van der Waals surface area contributed by atoms with Gasteiger partial charge >= 0.3 is 5.97 Å². The Morgan fingerprint density at radius 3 is 2.15 bits per heavy atom. The molecule has 1 saturated carbocycles. The van der Waals surface area contributed by atoms with Crippen LogP contribution in [0.2, 0.25) is 0 Å². The van der Waals surface area contributed by atoms with E-state index in [0.29, 0.717) is 23.8 Å². The minimum Gasteiger partial charge on any atom is -0.491 e. The minimum atomic E-state index is -0.327.